The molecule has 0 unspecified atom stereocenters. The quantitative estimate of drug-likeness (QED) is 0.927. The van der Waals surface area contributed by atoms with Gasteiger partial charge in [0.05, 0.1) is 17.5 Å². The summed E-state index contributed by atoms with van der Waals surface area (Å²) in [5, 5.41) is 15.6. The van der Waals surface area contributed by atoms with Crippen LogP contribution in [0.2, 0.25) is 0 Å². The van der Waals surface area contributed by atoms with Crippen molar-refractivity contribution in [1.29, 1.82) is 0 Å². The fourth-order valence-electron chi connectivity index (χ4n) is 3.44. The monoisotopic (exact) mass is 326 g/mol. The molecule has 2 aromatic heterocycles. The number of amides is 1. The van der Waals surface area contributed by atoms with Gasteiger partial charge in [0.2, 0.25) is 0 Å². The molecule has 2 fully saturated rings. The zero-order valence-electron chi connectivity index (χ0n) is 13.9. The highest BCUT2D eigenvalue weighted by Crippen LogP contribution is 2.41. The lowest BCUT2D eigenvalue weighted by Gasteiger charge is -2.32. The summed E-state index contributed by atoms with van der Waals surface area (Å²) in [5.41, 5.74) is 1.90. The number of hydrogen-bond donors (Lipinski definition) is 1. The molecular weight excluding hydrogens is 304 g/mol. The van der Waals surface area contributed by atoms with E-state index in [0.717, 1.165) is 43.0 Å². The van der Waals surface area contributed by atoms with Gasteiger partial charge in [0.1, 0.15) is 5.82 Å². The lowest BCUT2D eigenvalue weighted by atomic mass is 10.0. The van der Waals surface area contributed by atoms with Crippen molar-refractivity contribution in [2.75, 3.05) is 18.4 Å². The van der Waals surface area contributed by atoms with Gasteiger partial charge in [-0.3, -0.25) is 9.48 Å². The van der Waals surface area contributed by atoms with Crippen LogP contribution in [0.5, 0.6) is 0 Å². The minimum atomic E-state index is 0.128. The maximum Gasteiger partial charge on any atom is 0.257 e. The van der Waals surface area contributed by atoms with E-state index >= 15 is 0 Å². The van der Waals surface area contributed by atoms with Gasteiger partial charge in [0, 0.05) is 38.3 Å². The normalized spacial score (nSPS) is 18.6. The number of carbonyl (C=O) groups is 1. The summed E-state index contributed by atoms with van der Waals surface area (Å²) in [5.74, 6) is 1.45. The average Bonchev–Trinajstić information content (AvgIpc) is 3.38. The van der Waals surface area contributed by atoms with Crippen molar-refractivity contribution in [3.63, 3.8) is 0 Å². The Kier molecular flexibility index (Phi) is 3.92. The zero-order chi connectivity index (χ0) is 16.5. The summed E-state index contributed by atoms with van der Waals surface area (Å²) >= 11 is 0. The van der Waals surface area contributed by atoms with E-state index in [-0.39, 0.29) is 5.91 Å². The number of piperidine rings is 1. The number of carbonyl (C=O) groups excluding carboxylic acids is 1. The van der Waals surface area contributed by atoms with Crippen molar-refractivity contribution >= 4 is 11.7 Å². The minimum Gasteiger partial charge on any atom is -0.366 e. The largest absolute Gasteiger partial charge is 0.366 e. The van der Waals surface area contributed by atoms with Crippen LogP contribution in [-0.2, 0) is 7.05 Å². The molecule has 24 heavy (non-hydrogen) atoms. The van der Waals surface area contributed by atoms with Gasteiger partial charge in [-0.15, -0.1) is 5.10 Å². The molecule has 1 saturated heterocycles. The Labute approximate surface area is 141 Å². The molecule has 0 aromatic carbocycles. The molecule has 0 atom stereocenters. The third-order valence-electron chi connectivity index (χ3n) is 4.89. The van der Waals surface area contributed by atoms with Crippen LogP contribution in [0.3, 0.4) is 0 Å². The molecule has 2 aromatic rings. The zero-order valence-corrected chi connectivity index (χ0v) is 13.9. The van der Waals surface area contributed by atoms with Crippen LogP contribution in [-0.4, -0.2) is 49.9 Å². The second-order valence-corrected chi connectivity index (χ2v) is 6.66. The van der Waals surface area contributed by atoms with Crippen molar-refractivity contribution in [1.82, 2.24) is 24.9 Å². The molecule has 0 radical (unpaired) electrons. The molecule has 7 nitrogen and oxygen atoms in total. The molecule has 0 bridgehead atoms. The third-order valence-corrected chi connectivity index (χ3v) is 4.89. The summed E-state index contributed by atoms with van der Waals surface area (Å²) < 4.78 is 1.87. The van der Waals surface area contributed by atoms with Crippen LogP contribution >= 0.6 is 0 Å². The molecule has 3 heterocycles. The molecular formula is C17H22N6O. The van der Waals surface area contributed by atoms with E-state index in [2.05, 4.69) is 20.6 Å². The van der Waals surface area contributed by atoms with E-state index in [1.165, 1.54) is 12.8 Å². The standard InChI is InChI=1S/C17H22N6O/c1-22-16(12-4-5-12)14(11-19-22)17(24)23-9-6-13(7-10-23)20-15-3-2-8-18-21-15/h2-3,8,11-13H,4-7,9-10H2,1H3,(H,20,21). The van der Waals surface area contributed by atoms with Crippen LogP contribution in [0.1, 0.15) is 47.7 Å². The van der Waals surface area contributed by atoms with E-state index in [1.54, 1.807) is 12.4 Å². The summed E-state index contributed by atoms with van der Waals surface area (Å²) in [6.45, 7) is 1.52. The van der Waals surface area contributed by atoms with Crippen molar-refractivity contribution in [3.05, 3.63) is 35.8 Å². The molecule has 7 heteroatoms. The second-order valence-electron chi connectivity index (χ2n) is 6.66. The van der Waals surface area contributed by atoms with Gasteiger partial charge in [-0.25, -0.2) is 0 Å². The highest BCUT2D eigenvalue weighted by atomic mass is 16.2. The Morgan fingerprint density at radius 1 is 1.25 bits per heavy atom. The topological polar surface area (TPSA) is 75.9 Å². The lowest BCUT2D eigenvalue weighted by molar-refractivity contribution is 0.0717. The number of nitrogens with one attached hydrogen (secondary N) is 1. The lowest BCUT2D eigenvalue weighted by Crippen LogP contribution is -2.42. The van der Waals surface area contributed by atoms with Crippen molar-refractivity contribution in [3.8, 4) is 0 Å². The molecule has 0 spiro atoms. The number of aryl methyl sites for hydroxylation is 1. The van der Waals surface area contributed by atoms with Crippen molar-refractivity contribution < 1.29 is 4.79 Å². The summed E-state index contributed by atoms with van der Waals surface area (Å²) in [7, 11) is 1.93. The Bertz CT molecular complexity index is 716. The van der Waals surface area contributed by atoms with Crippen LogP contribution in [0.25, 0.3) is 0 Å². The first-order valence-corrected chi connectivity index (χ1v) is 8.58. The smallest absolute Gasteiger partial charge is 0.257 e. The van der Waals surface area contributed by atoms with Crippen LogP contribution < -0.4 is 5.32 Å². The Morgan fingerprint density at radius 3 is 2.71 bits per heavy atom. The first kappa shape index (κ1) is 15.1. The molecule has 1 aliphatic heterocycles. The van der Waals surface area contributed by atoms with Crippen molar-refractivity contribution in [2.24, 2.45) is 7.05 Å². The summed E-state index contributed by atoms with van der Waals surface area (Å²) in [4.78, 5) is 14.8. The molecule has 1 aliphatic carbocycles. The molecule has 4 rings (SSSR count). The van der Waals surface area contributed by atoms with Crippen LogP contribution in [0.4, 0.5) is 5.82 Å². The van der Waals surface area contributed by atoms with Gasteiger partial charge < -0.3 is 10.2 Å². The first-order chi connectivity index (χ1) is 11.7. The van der Waals surface area contributed by atoms with E-state index in [1.807, 2.05) is 28.8 Å². The molecule has 1 N–H and O–H groups in total. The molecule has 1 amide bonds. The van der Waals surface area contributed by atoms with E-state index in [4.69, 9.17) is 0 Å². The Balaban J connectivity index is 1.38. The second kappa shape index (κ2) is 6.22. The Hall–Kier alpha value is -2.44. The van der Waals surface area contributed by atoms with Gasteiger partial charge in [-0.1, -0.05) is 0 Å². The highest BCUT2D eigenvalue weighted by molar-refractivity contribution is 5.95. The third kappa shape index (κ3) is 2.98. The van der Waals surface area contributed by atoms with E-state index in [0.29, 0.717) is 12.0 Å². The predicted octanol–water partition coefficient (Wildman–Crippen LogP) is 1.80. The summed E-state index contributed by atoms with van der Waals surface area (Å²) in [6, 6.07) is 4.13. The van der Waals surface area contributed by atoms with Crippen LogP contribution in [0.15, 0.2) is 24.5 Å². The fraction of sp³-hybridized carbons (Fsp3) is 0.529. The maximum absolute atomic E-state index is 12.9. The van der Waals surface area contributed by atoms with Crippen molar-refractivity contribution in [2.45, 2.75) is 37.6 Å². The van der Waals surface area contributed by atoms with E-state index < -0.39 is 0 Å². The van der Waals surface area contributed by atoms with Gasteiger partial charge in [0.15, 0.2) is 0 Å². The molecule has 2 aliphatic rings. The fourth-order valence-corrected chi connectivity index (χ4v) is 3.44. The van der Waals surface area contributed by atoms with Gasteiger partial charge in [0.25, 0.3) is 5.91 Å². The summed E-state index contributed by atoms with van der Waals surface area (Å²) in [6.07, 6.45) is 7.58. The number of hydrogen-bond acceptors (Lipinski definition) is 5. The molecule has 1 saturated carbocycles. The van der Waals surface area contributed by atoms with E-state index in [9.17, 15) is 4.79 Å². The number of aromatic nitrogens is 4. The number of nitrogens with zero attached hydrogens (tertiary/aromatic N) is 5. The SMILES string of the molecule is Cn1ncc(C(=O)N2CCC(Nc3cccnn3)CC2)c1C1CC1. The number of anilines is 1. The van der Waals surface area contributed by atoms with Gasteiger partial charge in [-0.05, 0) is 37.8 Å². The molecule has 126 valence electrons. The number of rotatable bonds is 4. The minimum absolute atomic E-state index is 0.128. The van der Waals surface area contributed by atoms with Crippen LogP contribution in [0, 0.1) is 0 Å². The van der Waals surface area contributed by atoms with Gasteiger partial charge >= 0.3 is 0 Å². The highest BCUT2D eigenvalue weighted by Gasteiger charge is 2.33. The van der Waals surface area contributed by atoms with Gasteiger partial charge in [-0.2, -0.15) is 10.2 Å². The number of likely N-dealkylation sites (tertiary alicyclic amines) is 1. The Morgan fingerprint density at radius 2 is 2.04 bits per heavy atom. The average molecular weight is 326 g/mol. The first-order valence-electron chi connectivity index (χ1n) is 8.58. The predicted molar refractivity (Wildman–Crippen MR) is 89.8 cm³/mol. The maximum atomic E-state index is 12.9.